The predicted molar refractivity (Wildman–Crippen MR) is 151 cm³/mol. The highest BCUT2D eigenvalue weighted by atomic mass is 16.5. The van der Waals surface area contributed by atoms with E-state index in [1.54, 1.807) is 6.92 Å². The summed E-state index contributed by atoms with van der Waals surface area (Å²) in [4.78, 5) is 24.2. The zero-order chi connectivity index (χ0) is 27.9. The lowest BCUT2D eigenvalue weighted by Gasteiger charge is -2.73. The molecule has 4 nitrogen and oxygen atoms in total. The second-order valence-electron chi connectivity index (χ2n) is 15.8. The Morgan fingerprint density at radius 2 is 1.47 bits per heavy atom. The van der Waals surface area contributed by atoms with Gasteiger partial charge in [0.1, 0.15) is 6.10 Å². The zero-order valence-corrected chi connectivity index (χ0v) is 25.6. The Balaban J connectivity index is 1.56. The molecule has 5 fully saturated rings. The molecular weight excluding hydrogens is 472 g/mol. The number of esters is 2. The van der Waals surface area contributed by atoms with E-state index in [1.165, 1.54) is 57.4 Å². The molecule has 5 saturated carbocycles. The van der Waals surface area contributed by atoms with E-state index in [-0.39, 0.29) is 39.7 Å². The summed E-state index contributed by atoms with van der Waals surface area (Å²) < 4.78 is 11.9. The molecule has 0 N–H and O–H groups in total. The lowest BCUT2D eigenvalue weighted by atomic mass is 9.32. The number of allylic oxidation sites excluding steroid dienone is 1. The van der Waals surface area contributed by atoms with Gasteiger partial charge in [-0.05, 0) is 117 Å². The van der Waals surface area contributed by atoms with E-state index < -0.39 is 0 Å². The summed E-state index contributed by atoms with van der Waals surface area (Å²) in [5.41, 5.74) is 2.13. The van der Waals surface area contributed by atoms with Crippen LogP contribution in [0, 0.1) is 56.7 Å². The summed E-state index contributed by atoms with van der Waals surface area (Å²) >= 11 is 0. The SMILES string of the molecule is C=C(C)[C@@H]1CC[C@]2(C)CC[C@]3(C)C(CCC4[C@@]5(COC(C)=O)CC[C@H](OC(C)=O)C(C)(C)C5CC[C@]43C)C12. The Bertz CT molecular complexity index is 998. The van der Waals surface area contributed by atoms with Crippen molar-refractivity contribution in [3.63, 3.8) is 0 Å². The molecule has 0 amide bonds. The van der Waals surface area contributed by atoms with Gasteiger partial charge in [0.05, 0.1) is 6.61 Å². The van der Waals surface area contributed by atoms with Crippen LogP contribution in [0.5, 0.6) is 0 Å². The molecule has 5 aliphatic carbocycles. The molecule has 0 aromatic carbocycles. The molecule has 4 heteroatoms. The topological polar surface area (TPSA) is 52.6 Å². The maximum atomic E-state index is 12.2. The minimum atomic E-state index is -0.182. The fourth-order valence-electron chi connectivity index (χ4n) is 12.1. The van der Waals surface area contributed by atoms with Crippen LogP contribution in [0.1, 0.15) is 120 Å². The third kappa shape index (κ3) is 3.80. The van der Waals surface area contributed by atoms with Crippen LogP contribution in [0.2, 0.25) is 0 Å². The molecule has 214 valence electrons. The zero-order valence-electron chi connectivity index (χ0n) is 25.6. The van der Waals surface area contributed by atoms with Crippen LogP contribution in [0.3, 0.4) is 0 Å². The number of rotatable bonds is 4. The summed E-state index contributed by atoms with van der Waals surface area (Å²) in [5, 5.41) is 0. The van der Waals surface area contributed by atoms with Gasteiger partial charge in [-0.1, -0.05) is 46.8 Å². The van der Waals surface area contributed by atoms with Crippen LogP contribution >= 0.6 is 0 Å². The molecule has 10 atom stereocenters. The highest BCUT2D eigenvalue weighted by molar-refractivity contribution is 5.66. The summed E-state index contributed by atoms with van der Waals surface area (Å²) in [6.07, 6.45) is 11.9. The Morgan fingerprint density at radius 1 is 0.763 bits per heavy atom. The standard InChI is InChI=1S/C34H54O4/c1-21(2)24-12-15-31(7)18-19-32(8)25(29(24)31)10-11-27-33(32,9)16-13-26-30(5,6)28(38-23(4)36)14-17-34(26,27)20-37-22(3)35/h24-29H,1,10-20H2,2-9H3/t24-,25?,26?,27?,28-,29?,31+,32+,33+,34+/m0/s1. The lowest BCUT2D eigenvalue weighted by molar-refractivity contribution is -0.263. The van der Waals surface area contributed by atoms with Gasteiger partial charge in [-0.15, -0.1) is 0 Å². The average molecular weight is 527 g/mol. The van der Waals surface area contributed by atoms with Crippen LogP contribution < -0.4 is 0 Å². The van der Waals surface area contributed by atoms with Crippen molar-refractivity contribution in [2.24, 2.45) is 56.7 Å². The Hall–Kier alpha value is -1.32. The molecular formula is C34H54O4. The quantitative estimate of drug-likeness (QED) is 0.274. The normalized spacial score (nSPS) is 49.1. The smallest absolute Gasteiger partial charge is 0.302 e. The van der Waals surface area contributed by atoms with Crippen molar-refractivity contribution in [1.82, 2.24) is 0 Å². The van der Waals surface area contributed by atoms with Gasteiger partial charge in [0.15, 0.2) is 0 Å². The van der Waals surface area contributed by atoms with Gasteiger partial charge in [0, 0.05) is 24.7 Å². The highest BCUT2D eigenvalue weighted by Crippen LogP contribution is 2.77. The van der Waals surface area contributed by atoms with Gasteiger partial charge in [0.2, 0.25) is 0 Å². The molecule has 4 unspecified atom stereocenters. The van der Waals surface area contributed by atoms with Crippen molar-refractivity contribution >= 4 is 11.9 Å². The number of fused-ring (bicyclic) bond motifs is 7. The molecule has 0 aromatic heterocycles. The number of carbonyl (C=O) groups excluding carboxylic acids is 2. The highest BCUT2D eigenvalue weighted by Gasteiger charge is 2.71. The van der Waals surface area contributed by atoms with Crippen LogP contribution in [0.4, 0.5) is 0 Å². The largest absolute Gasteiger partial charge is 0.465 e. The van der Waals surface area contributed by atoms with E-state index in [1.807, 2.05) is 0 Å². The maximum absolute atomic E-state index is 12.2. The van der Waals surface area contributed by atoms with E-state index in [0.717, 1.165) is 31.1 Å². The van der Waals surface area contributed by atoms with Crippen LogP contribution in [0.15, 0.2) is 12.2 Å². The molecule has 0 saturated heterocycles. The first-order valence-electron chi connectivity index (χ1n) is 15.6. The van der Waals surface area contributed by atoms with Crippen molar-refractivity contribution < 1.29 is 19.1 Å². The molecule has 5 aliphatic rings. The monoisotopic (exact) mass is 526 g/mol. The van der Waals surface area contributed by atoms with Gasteiger partial charge in [-0.25, -0.2) is 0 Å². The summed E-state index contributed by atoms with van der Waals surface area (Å²) in [7, 11) is 0. The first-order chi connectivity index (χ1) is 17.6. The number of hydrogen-bond donors (Lipinski definition) is 0. The number of hydrogen-bond acceptors (Lipinski definition) is 4. The Kier molecular flexibility index (Phi) is 6.76. The van der Waals surface area contributed by atoms with Gasteiger partial charge < -0.3 is 9.47 Å². The van der Waals surface area contributed by atoms with Gasteiger partial charge in [-0.2, -0.15) is 0 Å². The first-order valence-corrected chi connectivity index (χ1v) is 15.6. The van der Waals surface area contributed by atoms with Crippen LogP contribution in [0.25, 0.3) is 0 Å². The maximum Gasteiger partial charge on any atom is 0.302 e. The Morgan fingerprint density at radius 3 is 2.11 bits per heavy atom. The summed E-state index contributed by atoms with van der Waals surface area (Å²) in [6, 6.07) is 0. The number of ether oxygens (including phenoxy) is 2. The van der Waals surface area contributed by atoms with E-state index in [4.69, 9.17) is 9.47 Å². The van der Waals surface area contributed by atoms with Gasteiger partial charge >= 0.3 is 11.9 Å². The fourth-order valence-corrected chi connectivity index (χ4v) is 12.1. The van der Waals surface area contributed by atoms with Crippen molar-refractivity contribution in [3.05, 3.63) is 12.2 Å². The molecule has 0 aliphatic heterocycles. The van der Waals surface area contributed by atoms with E-state index >= 15 is 0 Å². The molecule has 38 heavy (non-hydrogen) atoms. The van der Waals surface area contributed by atoms with Crippen molar-refractivity contribution in [3.8, 4) is 0 Å². The predicted octanol–water partition coefficient (Wildman–Crippen LogP) is 8.14. The molecule has 0 bridgehead atoms. The third-order valence-corrected chi connectivity index (χ3v) is 14.0. The molecule has 0 aromatic rings. The van der Waals surface area contributed by atoms with Crippen molar-refractivity contribution in [1.29, 1.82) is 0 Å². The average Bonchev–Trinajstić information content (AvgIpc) is 3.17. The van der Waals surface area contributed by atoms with Crippen LogP contribution in [-0.2, 0) is 19.1 Å². The van der Waals surface area contributed by atoms with Crippen molar-refractivity contribution in [2.45, 2.75) is 126 Å². The van der Waals surface area contributed by atoms with Gasteiger partial charge in [-0.3, -0.25) is 9.59 Å². The lowest BCUT2D eigenvalue weighted by Crippen LogP contribution is -2.68. The minimum Gasteiger partial charge on any atom is -0.465 e. The third-order valence-electron chi connectivity index (χ3n) is 14.0. The second kappa shape index (κ2) is 9.10. The molecule has 5 rings (SSSR count). The fraction of sp³-hybridized carbons (Fsp3) is 0.882. The van der Waals surface area contributed by atoms with Gasteiger partial charge in [0.25, 0.3) is 0 Å². The summed E-state index contributed by atoms with van der Waals surface area (Å²) in [6.45, 7) is 22.9. The second-order valence-corrected chi connectivity index (χ2v) is 15.8. The van der Waals surface area contributed by atoms with Crippen molar-refractivity contribution in [2.75, 3.05) is 6.61 Å². The van der Waals surface area contributed by atoms with E-state index in [0.29, 0.717) is 29.8 Å². The first kappa shape index (κ1) is 28.2. The molecule has 0 spiro atoms. The molecule has 0 radical (unpaired) electrons. The molecule has 0 heterocycles. The minimum absolute atomic E-state index is 0.0586. The Labute approximate surface area is 232 Å². The van der Waals surface area contributed by atoms with E-state index in [9.17, 15) is 9.59 Å². The van der Waals surface area contributed by atoms with Crippen LogP contribution in [-0.4, -0.2) is 24.6 Å². The summed E-state index contributed by atoms with van der Waals surface area (Å²) in [5.74, 6) is 2.67. The van der Waals surface area contributed by atoms with E-state index in [2.05, 4.69) is 48.1 Å². The number of carbonyl (C=O) groups is 2.